The molecule has 9 heteroatoms. The molecule has 0 aliphatic carbocycles. The number of carbonyl (C=O) groups is 1. The van der Waals surface area contributed by atoms with Crippen LogP contribution in [0.1, 0.15) is 17.4 Å². The lowest BCUT2D eigenvalue weighted by molar-refractivity contribution is 0.102. The van der Waals surface area contributed by atoms with Gasteiger partial charge in [0.2, 0.25) is 10.0 Å². The third-order valence-electron chi connectivity index (χ3n) is 5.41. The van der Waals surface area contributed by atoms with Crippen molar-refractivity contribution in [1.82, 2.24) is 18.8 Å². The van der Waals surface area contributed by atoms with Crippen LogP contribution in [0.3, 0.4) is 0 Å². The fourth-order valence-corrected chi connectivity index (χ4v) is 5.09. The summed E-state index contributed by atoms with van der Waals surface area (Å²) < 4.78 is 29.3. The first-order valence-electron chi connectivity index (χ1n) is 10.2. The highest BCUT2D eigenvalue weighted by Crippen LogP contribution is 2.22. The largest absolute Gasteiger partial charge is 0.321 e. The SMILES string of the molecule is CCN1CCN(S(=O)(=O)c2cccc(NC(=O)c3cncn3-c3ccccc3)c2)CC1. The van der Waals surface area contributed by atoms with Crippen LogP contribution in [0.5, 0.6) is 0 Å². The molecule has 3 aromatic rings. The maximum absolute atomic E-state index is 13.1. The topological polar surface area (TPSA) is 87.5 Å². The number of amides is 1. The number of rotatable bonds is 6. The van der Waals surface area contributed by atoms with Crippen molar-refractivity contribution in [1.29, 1.82) is 0 Å². The third kappa shape index (κ3) is 4.53. The molecule has 1 aliphatic rings. The Morgan fingerprint density at radius 2 is 1.77 bits per heavy atom. The second-order valence-electron chi connectivity index (χ2n) is 7.30. The molecule has 8 nitrogen and oxygen atoms in total. The summed E-state index contributed by atoms with van der Waals surface area (Å²) >= 11 is 0. The number of nitrogens with zero attached hydrogens (tertiary/aromatic N) is 4. The Morgan fingerprint density at radius 3 is 2.48 bits per heavy atom. The van der Waals surface area contributed by atoms with Gasteiger partial charge in [-0.2, -0.15) is 4.31 Å². The number of hydrogen-bond acceptors (Lipinski definition) is 5. The molecule has 1 aliphatic heterocycles. The first-order valence-corrected chi connectivity index (χ1v) is 11.6. The van der Waals surface area contributed by atoms with Crippen LogP contribution in [0, 0.1) is 0 Å². The number of imidazole rings is 1. The van der Waals surface area contributed by atoms with E-state index < -0.39 is 10.0 Å². The van der Waals surface area contributed by atoms with E-state index in [2.05, 4.69) is 22.1 Å². The molecule has 1 fully saturated rings. The molecule has 162 valence electrons. The van der Waals surface area contributed by atoms with Crippen LogP contribution in [0.15, 0.2) is 72.0 Å². The van der Waals surface area contributed by atoms with Crippen LogP contribution >= 0.6 is 0 Å². The van der Waals surface area contributed by atoms with Crippen molar-refractivity contribution in [3.63, 3.8) is 0 Å². The van der Waals surface area contributed by atoms with Gasteiger partial charge in [-0.1, -0.05) is 31.2 Å². The van der Waals surface area contributed by atoms with Gasteiger partial charge < -0.3 is 10.2 Å². The average Bonchev–Trinajstić information content (AvgIpc) is 3.30. The molecular formula is C22H25N5O3S. The van der Waals surface area contributed by atoms with Crippen molar-refractivity contribution < 1.29 is 13.2 Å². The molecule has 1 N–H and O–H groups in total. The molecule has 1 amide bonds. The average molecular weight is 440 g/mol. The minimum absolute atomic E-state index is 0.173. The second kappa shape index (κ2) is 9.01. The molecule has 2 aromatic carbocycles. The van der Waals surface area contributed by atoms with E-state index in [9.17, 15) is 13.2 Å². The van der Waals surface area contributed by atoms with Crippen LogP contribution < -0.4 is 5.32 Å². The van der Waals surface area contributed by atoms with Crippen LogP contribution in [0.25, 0.3) is 5.69 Å². The maximum Gasteiger partial charge on any atom is 0.274 e. The van der Waals surface area contributed by atoms with Gasteiger partial charge >= 0.3 is 0 Å². The van der Waals surface area contributed by atoms with Crippen LogP contribution in [0.4, 0.5) is 5.69 Å². The fraction of sp³-hybridized carbons (Fsp3) is 0.273. The summed E-state index contributed by atoms with van der Waals surface area (Å²) in [6, 6.07) is 15.8. The molecule has 0 bridgehead atoms. The summed E-state index contributed by atoms with van der Waals surface area (Å²) in [4.78, 5) is 19.3. The Bertz CT molecular complexity index is 1150. The highest BCUT2D eigenvalue weighted by Gasteiger charge is 2.28. The van der Waals surface area contributed by atoms with Gasteiger partial charge in [-0.25, -0.2) is 13.4 Å². The van der Waals surface area contributed by atoms with Gasteiger partial charge in [0.1, 0.15) is 5.69 Å². The van der Waals surface area contributed by atoms with Crippen LogP contribution in [-0.2, 0) is 10.0 Å². The second-order valence-corrected chi connectivity index (χ2v) is 9.24. The van der Waals surface area contributed by atoms with E-state index in [4.69, 9.17) is 0 Å². The van der Waals surface area contributed by atoms with E-state index >= 15 is 0 Å². The number of sulfonamides is 1. The zero-order valence-corrected chi connectivity index (χ0v) is 18.1. The molecule has 0 unspecified atom stereocenters. The number of likely N-dealkylation sites (N-methyl/N-ethyl adjacent to an activating group) is 1. The maximum atomic E-state index is 13.1. The van der Waals surface area contributed by atoms with Crippen molar-refractivity contribution in [3.05, 3.63) is 72.8 Å². The quantitative estimate of drug-likeness (QED) is 0.638. The van der Waals surface area contributed by atoms with Crippen molar-refractivity contribution in [2.45, 2.75) is 11.8 Å². The third-order valence-corrected chi connectivity index (χ3v) is 7.31. The first-order chi connectivity index (χ1) is 15.0. The Hall–Kier alpha value is -3.01. The van der Waals surface area contributed by atoms with Gasteiger partial charge in [-0.3, -0.25) is 9.36 Å². The lowest BCUT2D eigenvalue weighted by Gasteiger charge is -2.33. The summed E-state index contributed by atoms with van der Waals surface area (Å²) in [5.41, 5.74) is 1.59. The van der Waals surface area contributed by atoms with E-state index in [-0.39, 0.29) is 10.8 Å². The summed E-state index contributed by atoms with van der Waals surface area (Å²) in [5.74, 6) is -0.368. The van der Waals surface area contributed by atoms with Crippen molar-refractivity contribution >= 4 is 21.6 Å². The van der Waals surface area contributed by atoms with Gasteiger partial charge in [0.15, 0.2) is 0 Å². The Balaban J connectivity index is 1.52. The van der Waals surface area contributed by atoms with Gasteiger partial charge in [0.05, 0.1) is 17.4 Å². The molecule has 0 atom stereocenters. The number of benzene rings is 2. The Kier molecular flexibility index (Phi) is 6.17. The normalized spacial score (nSPS) is 15.6. The van der Waals surface area contributed by atoms with E-state index in [1.807, 2.05) is 30.3 Å². The molecule has 2 heterocycles. The van der Waals surface area contributed by atoms with E-state index in [1.54, 1.807) is 29.1 Å². The number of piperazine rings is 1. The summed E-state index contributed by atoms with van der Waals surface area (Å²) in [6.45, 7) is 5.34. The lowest BCUT2D eigenvalue weighted by atomic mass is 10.3. The van der Waals surface area contributed by atoms with Gasteiger partial charge in [0.25, 0.3) is 5.91 Å². The summed E-state index contributed by atoms with van der Waals surface area (Å²) in [7, 11) is -3.62. The molecular weight excluding hydrogens is 414 g/mol. The molecule has 1 aromatic heterocycles. The number of para-hydroxylation sites is 1. The lowest BCUT2D eigenvalue weighted by Crippen LogP contribution is -2.48. The number of nitrogens with one attached hydrogen (secondary N) is 1. The minimum atomic E-state index is -3.62. The van der Waals surface area contributed by atoms with Gasteiger partial charge in [0, 0.05) is 37.6 Å². The highest BCUT2D eigenvalue weighted by atomic mass is 32.2. The monoisotopic (exact) mass is 439 g/mol. The highest BCUT2D eigenvalue weighted by molar-refractivity contribution is 7.89. The molecule has 1 saturated heterocycles. The zero-order chi connectivity index (χ0) is 21.8. The minimum Gasteiger partial charge on any atom is -0.321 e. The van der Waals surface area contributed by atoms with Gasteiger partial charge in [-0.15, -0.1) is 0 Å². The standard InChI is InChI=1S/C22H25N5O3S/c1-2-25-11-13-26(14-12-25)31(29,30)20-10-6-7-18(15-20)24-22(28)21-16-23-17-27(21)19-8-4-3-5-9-19/h3-10,15-17H,2,11-14H2,1H3,(H,24,28). The van der Waals surface area contributed by atoms with Gasteiger partial charge in [-0.05, 0) is 36.9 Å². The van der Waals surface area contributed by atoms with E-state index in [1.165, 1.54) is 16.6 Å². The van der Waals surface area contributed by atoms with E-state index in [0.29, 0.717) is 24.5 Å². The number of hydrogen-bond donors (Lipinski definition) is 1. The predicted octanol–water partition coefficient (Wildman–Crippen LogP) is 2.45. The van der Waals surface area contributed by atoms with E-state index in [0.717, 1.165) is 25.3 Å². The number of carbonyl (C=O) groups excluding carboxylic acids is 1. The molecule has 0 saturated carbocycles. The number of anilines is 1. The van der Waals surface area contributed by atoms with Crippen molar-refractivity contribution in [2.24, 2.45) is 0 Å². The smallest absolute Gasteiger partial charge is 0.274 e. The van der Waals surface area contributed by atoms with Crippen molar-refractivity contribution in [3.8, 4) is 5.69 Å². The summed E-state index contributed by atoms with van der Waals surface area (Å²) in [5, 5.41) is 2.80. The van der Waals surface area contributed by atoms with Crippen molar-refractivity contribution in [2.75, 3.05) is 38.0 Å². The molecule has 0 spiro atoms. The van der Waals surface area contributed by atoms with Crippen LogP contribution in [-0.4, -0.2) is 65.8 Å². The Morgan fingerprint density at radius 1 is 1.03 bits per heavy atom. The summed E-state index contributed by atoms with van der Waals surface area (Å²) in [6.07, 6.45) is 3.05. The zero-order valence-electron chi connectivity index (χ0n) is 17.3. The molecule has 4 rings (SSSR count). The Labute approximate surface area is 182 Å². The first kappa shape index (κ1) is 21.2. The van der Waals surface area contributed by atoms with Crippen LogP contribution in [0.2, 0.25) is 0 Å². The molecule has 31 heavy (non-hydrogen) atoms. The fourth-order valence-electron chi connectivity index (χ4n) is 3.62. The molecule has 0 radical (unpaired) electrons. The number of aromatic nitrogens is 2. The predicted molar refractivity (Wildman–Crippen MR) is 119 cm³/mol.